The van der Waals surface area contributed by atoms with Gasteiger partial charge in [0, 0.05) is 18.5 Å². The minimum absolute atomic E-state index is 0.111. The number of hydrogen-bond acceptors (Lipinski definition) is 3. The number of carbonyl (C=O) groups excluding carboxylic acids is 1. The first kappa shape index (κ1) is 15.4. The summed E-state index contributed by atoms with van der Waals surface area (Å²) in [4.78, 5) is 14.6. The summed E-state index contributed by atoms with van der Waals surface area (Å²) < 4.78 is 0. The third-order valence-corrected chi connectivity index (χ3v) is 3.74. The molecule has 0 bridgehead atoms. The number of likely N-dealkylation sites (tertiary alicyclic amines) is 1. The van der Waals surface area contributed by atoms with Crippen LogP contribution in [0.1, 0.15) is 39.5 Å². The Morgan fingerprint density at radius 2 is 2.33 bits per heavy atom. The van der Waals surface area contributed by atoms with E-state index in [1.165, 1.54) is 0 Å². The fraction of sp³-hybridized carbons (Fsp3) is 0.846. The second kappa shape index (κ2) is 7.69. The molecular weight excluding hydrogens is 246 g/mol. The van der Waals surface area contributed by atoms with E-state index in [0.717, 1.165) is 38.8 Å². The van der Waals surface area contributed by atoms with E-state index in [-0.39, 0.29) is 17.9 Å². The fourth-order valence-corrected chi connectivity index (χ4v) is 2.65. The van der Waals surface area contributed by atoms with E-state index < -0.39 is 0 Å². The quantitative estimate of drug-likeness (QED) is 0.715. The zero-order valence-corrected chi connectivity index (χ0v) is 12.3. The first-order valence-corrected chi connectivity index (χ1v) is 7.24. The molecule has 5 heteroatoms. The summed E-state index contributed by atoms with van der Waals surface area (Å²) in [7, 11) is 0. The molecule has 0 aromatic rings. The van der Waals surface area contributed by atoms with Gasteiger partial charge in [-0.15, -0.1) is 0 Å². The monoisotopic (exact) mass is 271 g/mol. The zero-order valence-electron chi connectivity index (χ0n) is 11.4. The molecule has 104 valence electrons. The van der Waals surface area contributed by atoms with Gasteiger partial charge in [-0.05, 0) is 32.7 Å². The van der Waals surface area contributed by atoms with Crippen molar-refractivity contribution in [2.45, 2.75) is 45.6 Å². The summed E-state index contributed by atoms with van der Waals surface area (Å²) in [6.07, 6.45) is 4.25. The lowest BCUT2D eigenvalue weighted by molar-refractivity contribution is -0.123. The molecule has 1 heterocycles. The second-order valence-electron chi connectivity index (χ2n) is 5.23. The smallest absolute Gasteiger partial charge is 0.234 e. The van der Waals surface area contributed by atoms with Crippen LogP contribution in [0.25, 0.3) is 0 Å². The van der Waals surface area contributed by atoms with Crippen LogP contribution >= 0.6 is 12.2 Å². The number of nitrogens with two attached hydrogens (primary N) is 1. The Morgan fingerprint density at radius 1 is 1.61 bits per heavy atom. The molecular formula is C13H25N3OS. The van der Waals surface area contributed by atoms with E-state index >= 15 is 0 Å². The van der Waals surface area contributed by atoms with E-state index in [9.17, 15) is 4.79 Å². The summed E-state index contributed by atoms with van der Waals surface area (Å²) in [6.45, 7) is 6.43. The van der Waals surface area contributed by atoms with Crippen molar-refractivity contribution < 1.29 is 4.79 Å². The molecule has 0 aromatic heterocycles. The number of nitrogens with zero attached hydrogens (tertiary/aromatic N) is 1. The van der Waals surface area contributed by atoms with Crippen LogP contribution in [0.3, 0.4) is 0 Å². The summed E-state index contributed by atoms with van der Waals surface area (Å²) in [6, 6.07) is 0.263. The average Bonchev–Trinajstić information content (AvgIpc) is 2.29. The molecule has 1 saturated heterocycles. The van der Waals surface area contributed by atoms with Crippen molar-refractivity contribution >= 4 is 23.1 Å². The Morgan fingerprint density at radius 3 is 2.94 bits per heavy atom. The van der Waals surface area contributed by atoms with Gasteiger partial charge in [-0.2, -0.15) is 0 Å². The summed E-state index contributed by atoms with van der Waals surface area (Å²) in [5.41, 5.74) is 5.68. The van der Waals surface area contributed by atoms with Crippen molar-refractivity contribution in [2.75, 3.05) is 19.6 Å². The highest BCUT2D eigenvalue weighted by Gasteiger charge is 2.23. The third-order valence-electron chi connectivity index (χ3n) is 3.40. The Balaban J connectivity index is 2.33. The van der Waals surface area contributed by atoms with E-state index in [2.05, 4.69) is 24.1 Å². The number of rotatable bonds is 6. The first-order valence-electron chi connectivity index (χ1n) is 6.84. The molecule has 0 aliphatic carbocycles. The fourth-order valence-electron chi connectivity index (χ4n) is 2.46. The van der Waals surface area contributed by atoms with Gasteiger partial charge in [0.05, 0.1) is 11.5 Å². The Labute approximate surface area is 115 Å². The van der Waals surface area contributed by atoms with Crippen molar-refractivity contribution in [3.8, 4) is 0 Å². The van der Waals surface area contributed by atoms with Gasteiger partial charge in [0.25, 0.3) is 0 Å². The molecule has 1 aliphatic heterocycles. The minimum atomic E-state index is 0.111. The van der Waals surface area contributed by atoms with Crippen LogP contribution in [0.4, 0.5) is 0 Å². The molecule has 2 unspecified atom stereocenters. The van der Waals surface area contributed by atoms with E-state index in [1.54, 1.807) is 0 Å². The number of piperidine rings is 1. The molecule has 0 spiro atoms. The van der Waals surface area contributed by atoms with Crippen molar-refractivity contribution in [3.05, 3.63) is 0 Å². The maximum absolute atomic E-state index is 11.9. The van der Waals surface area contributed by atoms with Crippen molar-refractivity contribution in [1.82, 2.24) is 10.2 Å². The maximum Gasteiger partial charge on any atom is 0.234 e. The molecule has 2 atom stereocenters. The summed E-state index contributed by atoms with van der Waals surface area (Å²) >= 11 is 5.04. The predicted octanol–water partition coefficient (Wildman–Crippen LogP) is 1.29. The lowest BCUT2D eigenvalue weighted by Crippen LogP contribution is -2.46. The molecule has 1 fully saturated rings. The van der Waals surface area contributed by atoms with Crippen LogP contribution in [-0.2, 0) is 4.79 Å². The van der Waals surface area contributed by atoms with Gasteiger partial charge in [-0.25, -0.2) is 0 Å². The van der Waals surface area contributed by atoms with Gasteiger partial charge in [0.15, 0.2) is 0 Å². The van der Waals surface area contributed by atoms with Crippen LogP contribution in [0, 0.1) is 5.92 Å². The van der Waals surface area contributed by atoms with Crippen molar-refractivity contribution in [2.24, 2.45) is 11.7 Å². The topological polar surface area (TPSA) is 58.4 Å². The molecule has 1 amide bonds. The molecule has 1 aliphatic rings. The largest absolute Gasteiger partial charge is 0.393 e. The number of nitrogens with one attached hydrogen (secondary N) is 1. The van der Waals surface area contributed by atoms with Gasteiger partial charge in [0.2, 0.25) is 5.91 Å². The van der Waals surface area contributed by atoms with Crippen molar-refractivity contribution in [1.29, 1.82) is 0 Å². The summed E-state index contributed by atoms with van der Waals surface area (Å²) in [5, 5.41) is 3.03. The molecule has 0 saturated carbocycles. The van der Waals surface area contributed by atoms with E-state index in [1.807, 2.05) is 0 Å². The SMILES string of the molecule is CCCC(C)NC(=O)CN1CCCC(C(N)=S)C1. The van der Waals surface area contributed by atoms with Gasteiger partial charge in [-0.3, -0.25) is 9.69 Å². The molecule has 0 aromatic carbocycles. The highest BCUT2D eigenvalue weighted by atomic mass is 32.1. The number of hydrogen-bond donors (Lipinski definition) is 2. The van der Waals surface area contributed by atoms with Gasteiger partial charge in [0.1, 0.15) is 0 Å². The van der Waals surface area contributed by atoms with E-state index in [0.29, 0.717) is 11.5 Å². The van der Waals surface area contributed by atoms with Crippen LogP contribution in [-0.4, -0.2) is 41.5 Å². The molecule has 1 rings (SSSR count). The van der Waals surface area contributed by atoms with Crippen LogP contribution in [0.5, 0.6) is 0 Å². The maximum atomic E-state index is 11.9. The number of carbonyl (C=O) groups is 1. The highest BCUT2D eigenvalue weighted by Crippen LogP contribution is 2.16. The Bertz CT molecular complexity index is 296. The third kappa shape index (κ3) is 5.31. The van der Waals surface area contributed by atoms with Crippen LogP contribution in [0.15, 0.2) is 0 Å². The first-order chi connectivity index (χ1) is 8.52. The second-order valence-corrected chi connectivity index (χ2v) is 5.71. The van der Waals surface area contributed by atoms with Gasteiger partial charge >= 0.3 is 0 Å². The predicted molar refractivity (Wildman–Crippen MR) is 78.5 cm³/mol. The lowest BCUT2D eigenvalue weighted by Gasteiger charge is -2.31. The number of amides is 1. The van der Waals surface area contributed by atoms with Crippen molar-refractivity contribution in [3.63, 3.8) is 0 Å². The molecule has 0 radical (unpaired) electrons. The average molecular weight is 271 g/mol. The standard InChI is InChI=1S/C13H25N3OS/c1-3-5-10(2)15-12(17)9-16-7-4-6-11(8-16)13(14)18/h10-11H,3-9H2,1-2H3,(H2,14,18)(H,15,17). The number of thiocarbonyl (C=S) groups is 1. The van der Waals surface area contributed by atoms with Gasteiger partial charge < -0.3 is 11.1 Å². The van der Waals surface area contributed by atoms with Crippen LogP contribution < -0.4 is 11.1 Å². The molecule has 3 N–H and O–H groups in total. The Kier molecular flexibility index (Phi) is 6.57. The normalized spacial score (nSPS) is 22.4. The zero-order chi connectivity index (χ0) is 13.5. The van der Waals surface area contributed by atoms with E-state index in [4.69, 9.17) is 18.0 Å². The molecule has 4 nitrogen and oxygen atoms in total. The molecule has 18 heavy (non-hydrogen) atoms. The highest BCUT2D eigenvalue weighted by molar-refractivity contribution is 7.80. The lowest BCUT2D eigenvalue weighted by atomic mass is 9.98. The van der Waals surface area contributed by atoms with Crippen LogP contribution in [0.2, 0.25) is 0 Å². The van der Waals surface area contributed by atoms with Gasteiger partial charge in [-0.1, -0.05) is 25.6 Å². The Hall–Kier alpha value is -0.680. The summed E-state index contributed by atoms with van der Waals surface area (Å²) in [5.74, 6) is 0.383. The minimum Gasteiger partial charge on any atom is -0.393 e.